The van der Waals surface area contributed by atoms with Crippen molar-refractivity contribution in [2.75, 3.05) is 11.2 Å². The summed E-state index contributed by atoms with van der Waals surface area (Å²) in [6.45, 7) is 0. The molecule has 0 saturated heterocycles. The minimum atomic E-state index is -0.440. The molecule has 3 N–H and O–H groups in total. The maximum Gasteiger partial charge on any atom is 0.269 e. The summed E-state index contributed by atoms with van der Waals surface area (Å²) in [6.07, 6.45) is 0. The molecular weight excluding hydrogens is 396 g/mol. The van der Waals surface area contributed by atoms with Crippen LogP contribution in [0.2, 0.25) is 0 Å². The Morgan fingerprint density at radius 2 is 1.73 bits per heavy atom. The van der Waals surface area contributed by atoms with Crippen molar-refractivity contribution in [3.05, 3.63) is 98.5 Å². The van der Waals surface area contributed by atoms with Gasteiger partial charge in [-0.1, -0.05) is 46.3 Å². The number of benzene rings is 3. The van der Waals surface area contributed by atoms with E-state index in [1.54, 1.807) is 12.1 Å². The molecule has 130 valence electrons. The van der Waals surface area contributed by atoms with Crippen LogP contribution in [0.4, 0.5) is 17.1 Å². The van der Waals surface area contributed by atoms with Crippen LogP contribution in [0.5, 0.6) is 0 Å². The highest BCUT2D eigenvalue weighted by molar-refractivity contribution is 9.10. The lowest BCUT2D eigenvalue weighted by atomic mass is 10.0. The van der Waals surface area contributed by atoms with Crippen molar-refractivity contribution in [1.29, 1.82) is 0 Å². The number of hydrogen-bond donors (Lipinski definition) is 2. The zero-order valence-corrected chi connectivity index (χ0v) is 15.2. The Balaban J connectivity index is 1.99. The fraction of sp³-hybridized carbons (Fsp3) is 0. The molecule has 0 aromatic heterocycles. The van der Waals surface area contributed by atoms with Gasteiger partial charge in [-0.2, -0.15) is 5.10 Å². The number of rotatable bonds is 5. The summed E-state index contributed by atoms with van der Waals surface area (Å²) in [5, 5.41) is 15.3. The number of anilines is 2. The van der Waals surface area contributed by atoms with Gasteiger partial charge in [-0.3, -0.25) is 15.5 Å². The van der Waals surface area contributed by atoms with Crippen LogP contribution in [-0.4, -0.2) is 10.6 Å². The van der Waals surface area contributed by atoms with E-state index in [9.17, 15) is 10.1 Å². The summed E-state index contributed by atoms with van der Waals surface area (Å²) in [4.78, 5) is 10.3. The van der Waals surface area contributed by atoms with Crippen LogP contribution in [0.1, 0.15) is 11.1 Å². The van der Waals surface area contributed by atoms with Crippen molar-refractivity contribution in [2.45, 2.75) is 0 Å². The van der Waals surface area contributed by atoms with Crippen LogP contribution in [-0.2, 0) is 0 Å². The average Bonchev–Trinajstić information content (AvgIpc) is 2.66. The van der Waals surface area contributed by atoms with Gasteiger partial charge < -0.3 is 5.73 Å². The van der Waals surface area contributed by atoms with Crippen LogP contribution in [0, 0.1) is 10.1 Å². The molecule has 0 saturated carbocycles. The van der Waals surface area contributed by atoms with E-state index in [0.29, 0.717) is 17.1 Å². The Hall–Kier alpha value is -3.19. The summed E-state index contributed by atoms with van der Waals surface area (Å²) in [5.41, 5.74) is 12.7. The minimum Gasteiger partial charge on any atom is -0.398 e. The number of nitrogen functional groups attached to an aromatic ring is 1. The second kappa shape index (κ2) is 7.79. The maximum absolute atomic E-state index is 10.8. The normalized spacial score (nSPS) is 11.2. The van der Waals surface area contributed by atoms with E-state index >= 15 is 0 Å². The third kappa shape index (κ3) is 4.07. The van der Waals surface area contributed by atoms with Crippen LogP contribution in [0.25, 0.3) is 0 Å². The fourth-order valence-electron chi connectivity index (χ4n) is 2.39. The molecule has 0 spiro atoms. The first kappa shape index (κ1) is 17.6. The van der Waals surface area contributed by atoms with Gasteiger partial charge in [-0.25, -0.2) is 0 Å². The Morgan fingerprint density at radius 3 is 2.38 bits per heavy atom. The number of nitro benzene ring substituents is 1. The molecule has 3 rings (SSSR count). The predicted molar refractivity (Wildman–Crippen MR) is 107 cm³/mol. The van der Waals surface area contributed by atoms with Crippen molar-refractivity contribution >= 4 is 38.7 Å². The third-order valence-electron chi connectivity index (χ3n) is 3.69. The molecule has 26 heavy (non-hydrogen) atoms. The monoisotopic (exact) mass is 410 g/mol. The number of hydrazone groups is 1. The molecule has 0 aliphatic carbocycles. The van der Waals surface area contributed by atoms with Crippen molar-refractivity contribution in [3.8, 4) is 0 Å². The number of nitrogens with one attached hydrogen (secondary N) is 1. The summed E-state index contributed by atoms with van der Waals surface area (Å²) in [7, 11) is 0. The smallest absolute Gasteiger partial charge is 0.269 e. The third-order valence-corrected chi connectivity index (χ3v) is 4.19. The van der Waals surface area contributed by atoms with E-state index in [2.05, 4.69) is 26.5 Å². The van der Waals surface area contributed by atoms with Gasteiger partial charge in [0.25, 0.3) is 5.69 Å². The SMILES string of the molecule is Nc1ccc(Br)cc1/C(=N\Nc1ccc([N+](=O)[O-])cc1)c1ccccc1. The van der Waals surface area contributed by atoms with Crippen LogP contribution >= 0.6 is 15.9 Å². The Labute approximate surface area is 158 Å². The Morgan fingerprint density at radius 1 is 1.04 bits per heavy atom. The zero-order valence-electron chi connectivity index (χ0n) is 13.6. The van der Waals surface area contributed by atoms with Gasteiger partial charge in [-0.05, 0) is 30.3 Å². The summed E-state index contributed by atoms with van der Waals surface area (Å²) >= 11 is 3.46. The van der Waals surface area contributed by atoms with Crippen molar-refractivity contribution in [1.82, 2.24) is 0 Å². The van der Waals surface area contributed by atoms with E-state index in [1.807, 2.05) is 48.5 Å². The molecule has 0 heterocycles. The van der Waals surface area contributed by atoms with Crippen LogP contribution in [0.15, 0.2) is 82.4 Å². The van der Waals surface area contributed by atoms with Gasteiger partial charge >= 0.3 is 0 Å². The lowest BCUT2D eigenvalue weighted by Crippen LogP contribution is -2.09. The first-order chi connectivity index (χ1) is 12.5. The van der Waals surface area contributed by atoms with Crippen LogP contribution < -0.4 is 11.2 Å². The van der Waals surface area contributed by atoms with Gasteiger partial charge in [0.05, 0.1) is 16.3 Å². The maximum atomic E-state index is 10.8. The molecule has 3 aromatic rings. The topological polar surface area (TPSA) is 93.5 Å². The fourth-order valence-corrected chi connectivity index (χ4v) is 2.75. The highest BCUT2D eigenvalue weighted by atomic mass is 79.9. The van der Waals surface area contributed by atoms with Crippen molar-refractivity contribution in [2.24, 2.45) is 5.10 Å². The molecule has 0 atom stereocenters. The van der Waals surface area contributed by atoms with E-state index in [4.69, 9.17) is 5.73 Å². The van der Waals surface area contributed by atoms with Gasteiger partial charge in [0.15, 0.2) is 0 Å². The average molecular weight is 411 g/mol. The highest BCUT2D eigenvalue weighted by Gasteiger charge is 2.11. The van der Waals surface area contributed by atoms with Gasteiger partial charge in [-0.15, -0.1) is 0 Å². The second-order valence-corrected chi connectivity index (χ2v) is 6.39. The molecule has 0 amide bonds. The molecule has 0 aliphatic heterocycles. The largest absolute Gasteiger partial charge is 0.398 e. The van der Waals surface area contributed by atoms with E-state index in [-0.39, 0.29) is 5.69 Å². The molecule has 0 aliphatic rings. The van der Waals surface area contributed by atoms with E-state index in [0.717, 1.165) is 15.6 Å². The van der Waals surface area contributed by atoms with Crippen molar-refractivity contribution < 1.29 is 4.92 Å². The molecule has 0 unspecified atom stereocenters. The lowest BCUT2D eigenvalue weighted by molar-refractivity contribution is -0.384. The zero-order chi connectivity index (χ0) is 18.5. The second-order valence-electron chi connectivity index (χ2n) is 5.47. The van der Waals surface area contributed by atoms with E-state index < -0.39 is 4.92 Å². The standard InChI is InChI=1S/C19H15BrN4O2/c20-14-6-11-18(21)17(12-14)19(13-4-2-1-3-5-13)23-22-15-7-9-16(10-8-15)24(25)26/h1-12,22H,21H2/b23-19-. The van der Waals surface area contributed by atoms with E-state index in [1.165, 1.54) is 12.1 Å². The number of nitrogens with zero attached hydrogens (tertiary/aromatic N) is 2. The molecule has 3 aromatic carbocycles. The Kier molecular flexibility index (Phi) is 5.28. The molecule has 7 heteroatoms. The number of nitrogens with two attached hydrogens (primary N) is 1. The molecule has 0 fully saturated rings. The number of non-ortho nitro benzene ring substituents is 1. The minimum absolute atomic E-state index is 0.0269. The number of hydrogen-bond acceptors (Lipinski definition) is 5. The first-order valence-corrected chi connectivity index (χ1v) is 8.53. The lowest BCUT2D eigenvalue weighted by Gasteiger charge is -2.11. The number of halogens is 1. The summed E-state index contributed by atoms with van der Waals surface area (Å²) in [5.74, 6) is 0. The molecule has 0 radical (unpaired) electrons. The van der Waals surface area contributed by atoms with Gasteiger partial charge in [0.1, 0.15) is 0 Å². The summed E-state index contributed by atoms with van der Waals surface area (Å²) < 4.78 is 0.890. The van der Waals surface area contributed by atoms with Crippen molar-refractivity contribution in [3.63, 3.8) is 0 Å². The predicted octanol–water partition coefficient (Wildman–Crippen LogP) is 4.80. The molecule has 6 nitrogen and oxygen atoms in total. The Bertz CT molecular complexity index is 957. The summed E-state index contributed by atoms with van der Waals surface area (Å²) in [6, 6.07) is 21.3. The highest BCUT2D eigenvalue weighted by Crippen LogP contribution is 2.23. The first-order valence-electron chi connectivity index (χ1n) is 7.73. The molecule has 0 bridgehead atoms. The quantitative estimate of drug-likeness (QED) is 0.273. The van der Waals surface area contributed by atoms with Gasteiger partial charge in [0.2, 0.25) is 0 Å². The van der Waals surface area contributed by atoms with Gasteiger partial charge in [0, 0.05) is 33.4 Å². The molecular formula is C19H15BrN4O2. The van der Waals surface area contributed by atoms with Crippen LogP contribution in [0.3, 0.4) is 0 Å². The number of nitro groups is 1.